The van der Waals surface area contributed by atoms with Crippen molar-refractivity contribution in [3.63, 3.8) is 0 Å². The molecule has 3 aliphatic rings. The van der Waals surface area contributed by atoms with E-state index in [2.05, 4.69) is 30.8 Å². The van der Waals surface area contributed by atoms with Crippen LogP contribution < -0.4 is 30.7 Å². The Morgan fingerprint density at radius 1 is 0.974 bits per heavy atom. The number of nitrogen functional groups attached to an aromatic ring is 1. The van der Waals surface area contributed by atoms with Gasteiger partial charge in [-0.15, -0.1) is 5.10 Å². The van der Waals surface area contributed by atoms with E-state index in [1.54, 1.807) is 32.6 Å². The van der Waals surface area contributed by atoms with E-state index < -0.39 is 24.0 Å². The summed E-state index contributed by atoms with van der Waals surface area (Å²) < 4.78 is 35.9. The molecule has 77 heavy (non-hydrogen) atoms. The molecule has 10 rings (SSSR count). The number of aliphatic hydroxyl groups excluding tert-OH is 1. The van der Waals surface area contributed by atoms with Crippen LogP contribution in [0.3, 0.4) is 0 Å². The first-order chi connectivity index (χ1) is 37.1. The van der Waals surface area contributed by atoms with Gasteiger partial charge in [0, 0.05) is 97.2 Å². The van der Waals surface area contributed by atoms with E-state index in [-0.39, 0.29) is 73.8 Å². The highest BCUT2D eigenvalue weighted by molar-refractivity contribution is 6.05. The molecule has 3 aliphatic heterocycles. The zero-order valence-corrected chi connectivity index (χ0v) is 44.3. The number of carbonyl (C=O) groups is 2. The first-order valence-electron chi connectivity index (χ1n) is 26.1. The number of piperazine rings is 1. The second-order valence-corrected chi connectivity index (χ2v) is 20.9. The molecule has 0 spiro atoms. The van der Waals surface area contributed by atoms with E-state index >= 15 is 4.39 Å². The van der Waals surface area contributed by atoms with Crippen LogP contribution in [0.5, 0.6) is 11.8 Å². The first-order valence-corrected chi connectivity index (χ1v) is 26.1. The number of hydrogen-bond donors (Lipinski definition) is 5. The van der Waals surface area contributed by atoms with Crippen molar-refractivity contribution in [3.05, 3.63) is 125 Å². The Morgan fingerprint density at radius 3 is 2.42 bits per heavy atom. The van der Waals surface area contributed by atoms with Gasteiger partial charge in [-0.2, -0.15) is 9.97 Å². The number of nitrogens with zero attached hydrogens (tertiary/aromatic N) is 8. The minimum atomic E-state index is -0.885. The first kappa shape index (κ1) is 52.6. The van der Waals surface area contributed by atoms with E-state index in [9.17, 15) is 14.7 Å². The van der Waals surface area contributed by atoms with Crippen LogP contribution in [0, 0.1) is 31.0 Å². The van der Waals surface area contributed by atoms with Gasteiger partial charge in [0.2, 0.25) is 11.8 Å². The third-order valence-electron chi connectivity index (χ3n) is 15.2. The summed E-state index contributed by atoms with van der Waals surface area (Å²) in [6.07, 6.45) is 6.35. The van der Waals surface area contributed by atoms with Crippen molar-refractivity contribution in [1.82, 2.24) is 45.5 Å². The summed E-state index contributed by atoms with van der Waals surface area (Å²) in [6, 6.07) is 21.2. The van der Waals surface area contributed by atoms with Crippen molar-refractivity contribution in [1.29, 1.82) is 5.41 Å². The molecule has 2 bridgehead atoms. The lowest BCUT2D eigenvalue weighted by molar-refractivity contribution is -0.142. The Bertz CT molecular complexity index is 3320. The second-order valence-electron chi connectivity index (χ2n) is 20.9. The number of anilines is 2. The SMILES string of the molecule is CO[C@@H](C)COc1nc(N2C[C@@H]3C[C@H]2CN3)c2cc(C)c(-c3c(C)c(F)cc(N)c3C=N)c(OCc3ccc(-c4cn([C@H](C(=O)N5C[C@H](O)C[C@H]5C(=O)N[C@@H](C)c5ccc(-c6cccnc6)cc5)C(C)C)nn4)cc3)c2n1. The average Bonchev–Trinajstić information content (AvgIpc) is 4.30. The smallest absolute Gasteiger partial charge is 0.319 e. The van der Waals surface area contributed by atoms with Gasteiger partial charge in [-0.3, -0.25) is 14.6 Å². The van der Waals surface area contributed by atoms with Crippen LogP contribution in [-0.4, -0.2) is 122 Å². The van der Waals surface area contributed by atoms with Crippen LogP contribution in [-0.2, 0) is 20.9 Å². The van der Waals surface area contributed by atoms with Gasteiger partial charge in [0.05, 0.1) is 24.4 Å². The van der Waals surface area contributed by atoms with E-state index in [0.717, 1.165) is 64.5 Å². The van der Waals surface area contributed by atoms with Crippen LogP contribution in [0.25, 0.3) is 44.4 Å². The number of hydrogen-bond acceptors (Lipinski definition) is 15. The van der Waals surface area contributed by atoms with Crippen molar-refractivity contribution >= 4 is 40.4 Å². The number of aryl methyl sites for hydroxylation is 1. The maximum atomic E-state index is 15.7. The molecule has 0 unspecified atom stereocenters. The maximum Gasteiger partial charge on any atom is 0.319 e. The lowest BCUT2D eigenvalue weighted by Gasteiger charge is -2.30. The molecule has 7 aromatic rings. The summed E-state index contributed by atoms with van der Waals surface area (Å²) >= 11 is 0. The fourth-order valence-corrected chi connectivity index (χ4v) is 11.0. The minimum absolute atomic E-state index is 0.00670. The molecule has 0 saturated carbocycles. The molecule has 0 radical (unpaired) electrons. The van der Waals surface area contributed by atoms with Gasteiger partial charge in [-0.25, -0.2) is 9.07 Å². The number of ether oxygens (including phenoxy) is 3. The number of amides is 2. The Morgan fingerprint density at radius 2 is 1.74 bits per heavy atom. The van der Waals surface area contributed by atoms with Gasteiger partial charge >= 0.3 is 6.01 Å². The Balaban J connectivity index is 0.909. The molecule has 4 aromatic carbocycles. The van der Waals surface area contributed by atoms with Gasteiger partial charge in [0.25, 0.3) is 0 Å². The van der Waals surface area contributed by atoms with Crippen LogP contribution in [0.2, 0.25) is 0 Å². The highest BCUT2D eigenvalue weighted by Gasteiger charge is 2.43. The Labute approximate surface area is 446 Å². The summed E-state index contributed by atoms with van der Waals surface area (Å²) in [5.41, 5.74) is 14.3. The monoisotopic (exact) mass is 1040 g/mol. The Kier molecular flexibility index (Phi) is 15.0. The quantitative estimate of drug-likeness (QED) is 0.0413. The molecule has 3 saturated heterocycles. The number of halogens is 1. The molecule has 400 valence electrons. The normalized spacial score (nSPS) is 19.2. The van der Waals surface area contributed by atoms with Crippen LogP contribution in [0.1, 0.15) is 80.4 Å². The maximum absolute atomic E-state index is 15.7. The van der Waals surface area contributed by atoms with Crippen LogP contribution in [0.15, 0.2) is 91.4 Å². The lowest BCUT2D eigenvalue weighted by Crippen LogP contribution is -2.49. The number of aromatic nitrogens is 6. The molecule has 19 heteroatoms. The van der Waals surface area contributed by atoms with Gasteiger partial charge in [-0.05, 0) is 91.6 Å². The highest BCUT2D eigenvalue weighted by Crippen LogP contribution is 2.47. The standard InChI is InChI=1S/C58H65FN12O6/c1-31(2)53(57(74)70-27-43(72)21-49(70)56(73)64-35(6)37-14-16-38(17-15-37)40-9-8-18-62-24-40)71-28-48(67-68-71)39-12-10-36(11-13-39)30-76-54-50(51-34(5)46(59)22-47(61)45(51)23-60)32(3)19-44-52(54)65-58(77-29-33(4)75-7)66-55(44)69-26-41-20-42(69)25-63-41/h8-19,22-24,28,31,33,35,41-43,49,53,60,63,72H,20-21,25-27,29-30,61H2,1-7H3,(H,64,73)/t33-,35-,41-,42-,43+,49-,53-/m0/s1. The van der Waals surface area contributed by atoms with Gasteiger partial charge in [0.15, 0.2) is 5.75 Å². The van der Waals surface area contributed by atoms with E-state index in [1.807, 2.05) is 101 Å². The predicted octanol–water partition coefficient (Wildman–Crippen LogP) is 7.53. The number of fused-ring (bicyclic) bond motifs is 3. The molecule has 3 aromatic heterocycles. The van der Waals surface area contributed by atoms with E-state index in [4.69, 9.17) is 35.3 Å². The number of nitrogens with one attached hydrogen (secondary N) is 3. The fraction of sp³-hybridized carbons (Fsp3) is 0.379. The largest absolute Gasteiger partial charge is 0.486 e. The van der Waals surface area contributed by atoms with Gasteiger partial charge in [-0.1, -0.05) is 73.7 Å². The van der Waals surface area contributed by atoms with Crippen molar-refractivity contribution in [2.24, 2.45) is 5.92 Å². The van der Waals surface area contributed by atoms with E-state index in [0.29, 0.717) is 51.1 Å². The molecular formula is C58H65FN12O6. The van der Waals surface area contributed by atoms with Crippen LogP contribution in [0.4, 0.5) is 15.9 Å². The number of aliphatic hydroxyl groups is 1. The minimum Gasteiger partial charge on any atom is -0.486 e. The number of likely N-dealkylation sites (tertiary alicyclic amines) is 1. The average molecular weight is 1050 g/mol. The number of benzene rings is 4. The topological polar surface area (TPSA) is 232 Å². The summed E-state index contributed by atoms with van der Waals surface area (Å²) in [4.78, 5) is 46.4. The molecule has 18 nitrogen and oxygen atoms in total. The van der Waals surface area contributed by atoms with E-state index in [1.165, 1.54) is 15.6 Å². The fourth-order valence-electron chi connectivity index (χ4n) is 11.0. The molecule has 2 amide bonds. The van der Waals surface area contributed by atoms with Crippen molar-refractivity contribution < 1.29 is 33.3 Å². The van der Waals surface area contributed by atoms with Gasteiger partial charge < -0.3 is 50.9 Å². The zero-order valence-electron chi connectivity index (χ0n) is 44.3. The summed E-state index contributed by atoms with van der Waals surface area (Å²) in [5.74, 6) is -0.391. The molecular weight excluding hydrogens is 980 g/mol. The third kappa shape index (κ3) is 10.5. The lowest BCUT2D eigenvalue weighted by atomic mass is 9.89. The molecule has 7 atom stereocenters. The summed E-state index contributed by atoms with van der Waals surface area (Å²) in [6.45, 7) is 13.0. The van der Waals surface area contributed by atoms with Crippen molar-refractivity contribution in [3.8, 4) is 45.3 Å². The van der Waals surface area contributed by atoms with Gasteiger partial charge in [0.1, 0.15) is 48.1 Å². The highest BCUT2D eigenvalue weighted by atomic mass is 19.1. The number of methoxy groups -OCH3 is 1. The number of β-amino-alcohol motifs (C(OH)–C–C–N with tert-alkyl or cyclic N) is 1. The zero-order chi connectivity index (χ0) is 54.2. The second kappa shape index (κ2) is 22.0. The Hall–Kier alpha value is -7.87. The number of rotatable bonds is 18. The third-order valence-corrected chi connectivity index (χ3v) is 15.2. The summed E-state index contributed by atoms with van der Waals surface area (Å²) in [7, 11) is 1.61. The number of carbonyl (C=O) groups excluding carboxylic acids is 2. The predicted molar refractivity (Wildman–Crippen MR) is 292 cm³/mol. The van der Waals surface area contributed by atoms with Crippen molar-refractivity contribution in [2.75, 3.05) is 44.0 Å². The molecule has 6 N–H and O–H groups in total. The molecule has 0 aliphatic carbocycles. The summed E-state index contributed by atoms with van der Waals surface area (Å²) in [5, 5.41) is 35.6. The molecule has 6 heterocycles. The van der Waals surface area contributed by atoms with Crippen LogP contribution >= 0.6 is 0 Å². The number of nitrogens with two attached hydrogens (primary N) is 1. The number of pyridine rings is 1. The van der Waals surface area contributed by atoms with Crippen molar-refractivity contribution in [2.45, 2.75) is 103 Å². The molecule has 3 fully saturated rings.